The Balaban J connectivity index is 2.57. The first-order valence-corrected chi connectivity index (χ1v) is 11.7. The van der Waals surface area contributed by atoms with Crippen LogP contribution in [0.4, 0.5) is 105 Å². The molecule has 2 heterocycles. The van der Waals surface area contributed by atoms with Gasteiger partial charge in [0.1, 0.15) is 0 Å². The van der Waals surface area contributed by atoms with E-state index in [-0.39, 0.29) is 0 Å². The molecule has 0 amide bonds. The molecule has 280 valence electrons. The number of rotatable bonds is 16. The maximum absolute atomic E-state index is 14.7. The van der Waals surface area contributed by atoms with Crippen molar-refractivity contribution in [2.45, 2.75) is 109 Å². The average Bonchev–Trinajstić information content (AvgIpc) is 3.73. The summed E-state index contributed by atoms with van der Waals surface area (Å²) in [5, 5.41) is 0. The van der Waals surface area contributed by atoms with Crippen molar-refractivity contribution in [2.24, 2.45) is 0 Å². The number of halogens is 24. The summed E-state index contributed by atoms with van der Waals surface area (Å²) in [6.45, 7) is -2.03. The SMILES string of the molecule is FC(F)(F)CC(F)(CC1CO1)C(F)(F)C(F)(F)C(F)(F)C(F)(F)OC(F)(F)C(F)(F)C(F)(F)C(F)(F)C(F)(CC1CO1)CC(F)(F)F. The second-order valence-corrected chi connectivity index (χ2v) is 10.4. The summed E-state index contributed by atoms with van der Waals surface area (Å²) in [6.07, 6.45) is -47.2. The van der Waals surface area contributed by atoms with Crippen molar-refractivity contribution in [3.8, 4) is 0 Å². The average molecular weight is 758 g/mol. The second kappa shape index (κ2) is 11.4. The minimum atomic E-state index is -8.66. The Labute approximate surface area is 243 Å². The molecule has 0 aromatic heterocycles. The van der Waals surface area contributed by atoms with E-state index < -0.39 is 123 Å². The normalized spacial score (nSPS) is 23.7. The van der Waals surface area contributed by atoms with Gasteiger partial charge in [-0.05, 0) is 0 Å². The van der Waals surface area contributed by atoms with Crippen molar-refractivity contribution in [2.75, 3.05) is 13.2 Å². The number of ether oxygens (including phenoxy) is 3. The molecule has 2 aliphatic rings. The third kappa shape index (κ3) is 7.25. The van der Waals surface area contributed by atoms with E-state index in [2.05, 4.69) is 9.47 Å². The Morgan fingerprint density at radius 1 is 0.383 bits per heavy atom. The van der Waals surface area contributed by atoms with Gasteiger partial charge in [-0.3, -0.25) is 0 Å². The summed E-state index contributed by atoms with van der Waals surface area (Å²) >= 11 is 0. The molecule has 27 heteroatoms. The molecule has 2 aliphatic heterocycles. The van der Waals surface area contributed by atoms with Gasteiger partial charge in [-0.15, -0.1) is 0 Å². The van der Waals surface area contributed by atoms with Crippen LogP contribution in [-0.4, -0.2) is 96.9 Å². The van der Waals surface area contributed by atoms with Crippen LogP contribution in [0, 0.1) is 0 Å². The minimum absolute atomic E-state index is 1.02. The molecule has 0 N–H and O–H groups in total. The molecule has 0 radical (unpaired) electrons. The summed E-state index contributed by atoms with van der Waals surface area (Å²) in [6, 6.07) is 0. The third-order valence-electron chi connectivity index (χ3n) is 6.56. The van der Waals surface area contributed by atoms with Crippen LogP contribution in [0.5, 0.6) is 0 Å². The Kier molecular flexibility index (Phi) is 10.0. The van der Waals surface area contributed by atoms with Crippen molar-refractivity contribution in [3.05, 3.63) is 0 Å². The lowest BCUT2D eigenvalue weighted by atomic mass is 9.82. The fraction of sp³-hybridized carbons (Fsp3) is 1.00. The zero-order chi connectivity index (χ0) is 37.5. The first kappa shape index (κ1) is 41.4. The lowest BCUT2D eigenvalue weighted by Crippen LogP contribution is -2.72. The molecule has 0 aromatic rings. The molecule has 2 rings (SSSR count). The van der Waals surface area contributed by atoms with Crippen LogP contribution in [0.3, 0.4) is 0 Å². The molecule has 2 saturated heterocycles. The van der Waals surface area contributed by atoms with E-state index in [1.807, 2.05) is 0 Å². The standard InChI is InChI=1S/C20H14F24O3/c21-9(1-7-3-45-7,5-11(23,24)25)13(29,30)15(33,34)17(37,38)19(41,42)47-20(43,44)18(39,40)16(35,36)14(31,32)10(22,2-8-4-46-8)6-12(26,27)28/h7-8H,1-6H2. The highest BCUT2D eigenvalue weighted by Gasteiger charge is 2.91. The Morgan fingerprint density at radius 3 is 0.809 bits per heavy atom. The largest absolute Gasteiger partial charge is 0.430 e. The summed E-state index contributed by atoms with van der Waals surface area (Å²) in [5.74, 6) is -49.8. The Bertz CT molecular complexity index is 1040. The van der Waals surface area contributed by atoms with E-state index in [0.29, 0.717) is 0 Å². The van der Waals surface area contributed by atoms with Crippen LogP contribution in [0.2, 0.25) is 0 Å². The maximum atomic E-state index is 14.7. The molecule has 2 fully saturated rings. The zero-order valence-electron chi connectivity index (χ0n) is 21.7. The smallest absolute Gasteiger partial charge is 0.373 e. The van der Waals surface area contributed by atoms with Crippen molar-refractivity contribution in [1.29, 1.82) is 0 Å². The van der Waals surface area contributed by atoms with E-state index in [1.54, 1.807) is 0 Å². The van der Waals surface area contributed by atoms with Gasteiger partial charge in [0.05, 0.1) is 38.3 Å². The monoisotopic (exact) mass is 758 g/mol. The van der Waals surface area contributed by atoms with Gasteiger partial charge in [0.25, 0.3) is 0 Å². The maximum Gasteiger partial charge on any atom is 0.430 e. The highest BCUT2D eigenvalue weighted by Crippen LogP contribution is 2.64. The molecule has 4 unspecified atom stereocenters. The van der Waals surface area contributed by atoms with Gasteiger partial charge >= 0.3 is 60.1 Å². The predicted molar refractivity (Wildman–Crippen MR) is 98.4 cm³/mol. The van der Waals surface area contributed by atoms with E-state index in [9.17, 15) is 105 Å². The van der Waals surface area contributed by atoms with E-state index in [0.717, 1.165) is 0 Å². The molecule has 4 atom stereocenters. The first-order chi connectivity index (χ1) is 20.3. The summed E-state index contributed by atoms with van der Waals surface area (Å²) in [7, 11) is 0. The summed E-state index contributed by atoms with van der Waals surface area (Å²) in [4.78, 5) is 0. The molecule has 0 bridgehead atoms. The van der Waals surface area contributed by atoms with Crippen LogP contribution < -0.4 is 0 Å². The van der Waals surface area contributed by atoms with Gasteiger partial charge in [0, 0.05) is 12.8 Å². The van der Waals surface area contributed by atoms with Crippen LogP contribution in [0.15, 0.2) is 0 Å². The van der Waals surface area contributed by atoms with Crippen molar-refractivity contribution in [3.63, 3.8) is 0 Å². The van der Waals surface area contributed by atoms with Crippen molar-refractivity contribution in [1.82, 2.24) is 0 Å². The van der Waals surface area contributed by atoms with E-state index in [4.69, 9.17) is 0 Å². The Morgan fingerprint density at radius 2 is 0.617 bits per heavy atom. The number of hydrogen-bond donors (Lipinski definition) is 0. The molecule has 0 saturated carbocycles. The highest BCUT2D eigenvalue weighted by atomic mass is 19.4. The molecular weight excluding hydrogens is 744 g/mol. The van der Waals surface area contributed by atoms with Gasteiger partial charge in [0.2, 0.25) is 0 Å². The molecular formula is C20H14F24O3. The third-order valence-corrected chi connectivity index (χ3v) is 6.56. The number of hydrogen-bond acceptors (Lipinski definition) is 3. The number of epoxide rings is 2. The minimum Gasteiger partial charge on any atom is -0.373 e. The molecule has 0 spiro atoms. The predicted octanol–water partition coefficient (Wildman–Crippen LogP) is 8.90. The molecule has 3 nitrogen and oxygen atoms in total. The topological polar surface area (TPSA) is 34.3 Å². The molecule has 47 heavy (non-hydrogen) atoms. The van der Waals surface area contributed by atoms with Gasteiger partial charge in [-0.1, -0.05) is 0 Å². The van der Waals surface area contributed by atoms with Crippen molar-refractivity contribution < 1.29 is 120 Å². The van der Waals surface area contributed by atoms with Gasteiger partial charge in [0.15, 0.2) is 11.3 Å². The summed E-state index contributed by atoms with van der Waals surface area (Å²) in [5.41, 5.74) is -12.2. The van der Waals surface area contributed by atoms with Crippen LogP contribution >= 0.6 is 0 Å². The Hall–Kier alpha value is -1.80. The van der Waals surface area contributed by atoms with Crippen molar-refractivity contribution >= 4 is 0 Å². The van der Waals surface area contributed by atoms with Gasteiger partial charge in [-0.25, -0.2) is 13.5 Å². The first-order valence-electron chi connectivity index (χ1n) is 11.7. The lowest BCUT2D eigenvalue weighted by Gasteiger charge is -2.44. The quantitative estimate of drug-likeness (QED) is 0.117. The second-order valence-electron chi connectivity index (χ2n) is 10.4. The lowest BCUT2D eigenvalue weighted by molar-refractivity contribution is -0.520. The van der Waals surface area contributed by atoms with E-state index in [1.165, 1.54) is 4.74 Å². The molecule has 0 aliphatic carbocycles. The van der Waals surface area contributed by atoms with Crippen LogP contribution in [0.1, 0.15) is 25.7 Å². The molecule has 0 aromatic carbocycles. The fourth-order valence-corrected chi connectivity index (χ4v) is 3.96. The summed E-state index contributed by atoms with van der Waals surface area (Å²) < 4.78 is 340. The van der Waals surface area contributed by atoms with Gasteiger partial charge in [-0.2, -0.15) is 96.6 Å². The van der Waals surface area contributed by atoms with Crippen LogP contribution in [-0.2, 0) is 14.2 Å². The van der Waals surface area contributed by atoms with E-state index >= 15 is 0 Å². The zero-order valence-corrected chi connectivity index (χ0v) is 21.7. The van der Waals surface area contributed by atoms with Crippen LogP contribution in [0.25, 0.3) is 0 Å². The fourth-order valence-electron chi connectivity index (χ4n) is 3.96. The highest BCUT2D eigenvalue weighted by molar-refractivity contribution is 5.14. The number of alkyl halides is 24. The van der Waals surface area contributed by atoms with Gasteiger partial charge < -0.3 is 9.47 Å².